The van der Waals surface area contributed by atoms with Crippen LogP contribution in [0.2, 0.25) is 0 Å². The standard InChI is InChI=1S/C13H14F6N2/c14-12(15,16)10-4-2-1-3-9(10)11(13(17,18)19)21-7-5-20-6-8-21/h1-4,11,20H,5-8H2/t11-/m1/s1. The van der Waals surface area contributed by atoms with Crippen LogP contribution < -0.4 is 5.32 Å². The van der Waals surface area contributed by atoms with E-state index in [4.69, 9.17) is 0 Å². The summed E-state index contributed by atoms with van der Waals surface area (Å²) in [5, 5.41) is 2.89. The molecule has 1 heterocycles. The van der Waals surface area contributed by atoms with Gasteiger partial charge in [-0.25, -0.2) is 0 Å². The first-order valence-corrected chi connectivity index (χ1v) is 6.39. The van der Waals surface area contributed by atoms with Crippen LogP contribution in [0.4, 0.5) is 26.3 Å². The van der Waals surface area contributed by atoms with Gasteiger partial charge >= 0.3 is 12.4 Å². The zero-order chi connectivity index (χ0) is 15.7. The van der Waals surface area contributed by atoms with Gasteiger partial charge in [0, 0.05) is 26.2 Å². The maximum atomic E-state index is 13.3. The Kier molecular flexibility index (Phi) is 4.48. The van der Waals surface area contributed by atoms with E-state index in [1.165, 1.54) is 6.07 Å². The average Bonchev–Trinajstić information content (AvgIpc) is 2.38. The maximum Gasteiger partial charge on any atom is 0.416 e. The highest BCUT2D eigenvalue weighted by atomic mass is 19.4. The molecule has 1 N–H and O–H groups in total. The fourth-order valence-corrected chi connectivity index (χ4v) is 2.51. The number of alkyl halides is 6. The fourth-order valence-electron chi connectivity index (χ4n) is 2.51. The molecule has 118 valence electrons. The van der Waals surface area contributed by atoms with E-state index >= 15 is 0 Å². The monoisotopic (exact) mass is 312 g/mol. The summed E-state index contributed by atoms with van der Waals surface area (Å²) < 4.78 is 78.9. The van der Waals surface area contributed by atoms with Crippen molar-refractivity contribution in [3.05, 3.63) is 35.4 Å². The third-order valence-corrected chi connectivity index (χ3v) is 3.39. The maximum absolute atomic E-state index is 13.3. The second-order valence-electron chi connectivity index (χ2n) is 4.82. The molecule has 0 spiro atoms. The molecular weight excluding hydrogens is 298 g/mol. The molecule has 0 unspecified atom stereocenters. The summed E-state index contributed by atoms with van der Waals surface area (Å²) in [7, 11) is 0. The molecule has 1 aliphatic heterocycles. The molecule has 0 aromatic heterocycles. The molecule has 21 heavy (non-hydrogen) atoms. The number of piperazine rings is 1. The lowest BCUT2D eigenvalue weighted by Gasteiger charge is -2.37. The van der Waals surface area contributed by atoms with Gasteiger partial charge in [-0.3, -0.25) is 4.90 Å². The van der Waals surface area contributed by atoms with E-state index < -0.39 is 29.5 Å². The number of nitrogens with one attached hydrogen (secondary N) is 1. The number of hydrogen-bond donors (Lipinski definition) is 1. The van der Waals surface area contributed by atoms with Gasteiger partial charge in [0.1, 0.15) is 6.04 Å². The fraction of sp³-hybridized carbons (Fsp3) is 0.538. The smallest absolute Gasteiger partial charge is 0.314 e. The summed E-state index contributed by atoms with van der Waals surface area (Å²) in [6.07, 6.45) is -9.58. The van der Waals surface area contributed by atoms with Crippen LogP contribution in [0.15, 0.2) is 24.3 Å². The molecule has 1 atom stereocenters. The van der Waals surface area contributed by atoms with Crippen LogP contribution in [-0.4, -0.2) is 37.3 Å². The Balaban J connectivity index is 2.47. The minimum Gasteiger partial charge on any atom is -0.314 e. The summed E-state index contributed by atoms with van der Waals surface area (Å²) in [5.74, 6) is 0. The van der Waals surface area contributed by atoms with Gasteiger partial charge in [-0.05, 0) is 11.6 Å². The topological polar surface area (TPSA) is 15.3 Å². The normalized spacial score (nSPS) is 19.5. The lowest BCUT2D eigenvalue weighted by atomic mass is 9.97. The van der Waals surface area contributed by atoms with Crippen molar-refractivity contribution in [3.63, 3.8) is 0 Å². The van der Waals surface area contributed by atoms with E-state index in [1.807, 2.05) is 0 Å². The van der Waals surface area contributed by atoms with Crippen molar-refractivity contribution in [2.45, 2.75) is 18.4 Å². The molecule has 1 saturated heterocycles. The molecule has 8 heteroatoms. The van der Waals surface area contributed by atoms with Gasteiger partial charge in [0.2, 0.25) is 0 Å². The van der Waals surface area contributed by atoms with Gasteiger partial charge in [0.25, 0.3) is 0 Å². The molecule has 0 saturated carbocycles. The lowest BCUT2D eigenvalue weighted by molar-refractivity contribution is -0.190. The molecular formula is C13H14F6N2. The summed E-state index contributed by atoms with van der Waals surface area (Å²) in [6, 6.07) is 1.65. The number of hydrogen-bond acceptors (Lipinski definition) is 2. The molecule has 1 aromatic rings. The van der Waals surface area contributed by atoms with E-state index in [0.717, 1.165) is 17.0 Å². The first-order chi connectivity index (χ1) is 9.71. The Hall–Kier alpha value is -1.28. The van der Waals surface area contributed by atoms with Gasteiger partial charge in [0.05, 0.1) is 5.56 Å². The number of nitrogens with zero attached hydrogens (tertiary/aromatic N) is 1. The van der Waals surface area contributed by atoms with Crippen molar-refractivity contribution in [3.8, 4) is 0 Å². The van der Waals surface area contributed by atoms with Crippen LogP contribution in [0.1, 0.15) is 17.2 Å². The molecule has 1 aliphatic rings. The average molecular weight is 312 g/mol. The minimum atomic E-state index is -4.81. The highest BCUT2D eigenvalue weighted by Gasteiger charge is 2.48. The third kappa shape index (κ3) is 3.68. The molecule has 0 amide bonds. The van der Waals surface area contributed by atoms with Crippen molar-refractivity contribution in [1.29, 1.82) is 0 Å². The lowest BCUT2D eigenvalue weighted by Crippen LogP contribution is -2.49. The van der Waals surface area contributed by atoms with E-state index in [1.54, 1.807) is 0 Å². The highest BCUT2D eigenvalue weighted by molar-refractivity contribution is 5.33. The van der Waals surface area contributed by atoms with E-state index in [0.29, 0.717) is 19.2 Å². The van der Waals surface area contributed by atoms with Gasteiger partial charge in [-0.2, -0.15) is 26.3 Å². The van der Waals surface area contributed by atoms with Crippen LogP contribution >= 0.6 is 0 Å². The zero-order valence-corrected chi connectivity index (χ0v) is 10.9. The first kappa shape index (κ1) is 16.1. The van der Waals surface area contributed by atoms with E-state index in [-0.39, 0.29) is 13.1 Å². The Morgan fingerprint density at radius 2 is 1.52 bits per heavy atom. The Morgan fingerprint density at radius 3 is 2.05 bits per heavy atom. The van der Waals surface area contributed by atoms with E-state index in [2.05, 4.69) is 5.32 Å². The van der Waals surface area contributed by atoms with Crippen LogP contribution in [0.3, 0.4) is 0 Å². The first-order valence-electron chi connectivity index (χ1n) is 6.39. The van der Waals surface area contributed by atoms with Crippen molar-refractivity contribution in [1.82, 2.24) is 10.2 Å². The van der Waals surface area contributed by atoms with Crippen LogP contribution in [0, 0.1) is 0 Å². The third-order valence-electron chi connectivity index (χ3n) is 3.39. The van der Waals surface area contributed by atoms with E-state index in [9.17, 15) is 26.3 Å². The van der Waals surface area contributed by atoms with Crippen LogP contribution in [0.25, 0.3) is 0 Å². The SMILES string of the molecule is FC(F)(F)c1ccccc1[C@@H](N1CCNCC1)C(F)(F)F. The van der Waals surface area contributed by atoms with Crippen molar-refractivity contribution in [2.75, 3.05) is 26.2 Å². The zero-order valence-electron chi connectivity index (χ0n) is 10.9. The Labute approximate surface area is 117 Å². The number of benzene rings is 1. The molecule has 2 nitrogen and oxygen atoms in total. The Morgan fingerprint density at radius 1 is 0.952 bits per heavy atom. The van der Waals surface area contributed by atoms with Crippen molar-refractivity contribution < 1.29 is 26.3 Å². The minimum absolute atomic E-state index is 0.0520. The second kappa shape index (κ2) is 5.84. The quantitative estimate of drug-likeness (QED) is 0.844. The Bertz CT molecular complexity index is 476. The number of halogens is 6. The molecule has 2 rings (SSSR count). The summed E-state index contributed by atoms with van der Waals surface area (Å²) in [6.45, 7) is 0.744. The van der Waals surface area contributed by atoms with Gasteiger partial charge in [-0.15, -0.1) is 0 Å². The van der Waals surface area contributed by atoms with Crippen LogP contribution in [-0.2, 0) is 6.18 Å². The van der Waals surface area contributed by atoms with Crippen LogP contribution in [0.5, 0.6) is 0 Å². The molecule has 0 bridgehead atoms. The van der Waals surface area contributed by atoms with Gasteiger partial charge < -0.3 is 5.32 Å². The summed E-state index contributed by atoms with van der Waals surface area (Å²) >= 11 is 0. The van der Waals surface area contributed by atoms with Crippen molar-refractivity contribution >= 4 is 0 Å². The predicted molar refractivity (Wildman–Crippen MR) is 64.7 cm³/mol. The van der Waals surface area contributed by atoms with Crippen molar-refractivity contribution in [2.24, 2.45) is 0 Å². The summed E-state index contributed by atoms with van der Waals surface area (Å²) in [4.78, 5) is 1.04. The largest absolute Gasteiger partial charge is 0.416 e. The summed E-state index contributed by atoms with van der Waals surface area (Å²) in [5.41, 5.74) is -1.97. The molecule has 0 radical (unpaired) electrons. The molecule has 1 aromatic carbocycles. The van der Waals surface area contributed by atoms with Gasteiger partial charge in [0.15, 0.2) is 0 Å². The predicted octanol–water partition coefficient (Wildman–Crippen LogP) is 3.21. The second-order valence-corrected chi connectivity index (χ2v) is 4.82. The number of rotatable bonds is 2. The molecule has 0 aliphatic carbocycles. The highest BCUT2D eigenvalue weighted by Crippen LogP contribution is 2.43. The van der Waals surface area contributed by atoms with Gasteiger partial charge in [-0.1, -0.05) is 18.2 Å². The molecule has 1 fully saturated rings.